The Bertz CT molecular complexity index is 275. The third-order valence-electron chi connectivity index (χ3n) is 1.87. The zero-order valence-corrected chi connectivity index (χ0v) is 7.63. The van der Waals surface area contributed by atoms with Crippen LogP contribution in [0.5, 0.6) is 0 Å². The maximum Gasteiger partial charge on any atom is 0.105 e. The Kier molecular flexibility index (Phi) is 2.71. The van der Waals surface area contributed by atoms with Crippen molar-refractivity contribution >= 4 is 0 Å². The van der Waals surface area contributed by atoms with Crippen LogP contribution in [0.1, 0.15) is 30.7 Å². The fourth-order valence-electron chi connectivity index (χ4n) is 1.26. The fraction of sp³-hybridized carbons (Fsp3) is 0.400. The average Bonchev–Trinajstić information content (AvgIpc) is 2.33. The normalized spacial score (nSPS) is 12.9. The quantitative estimate of drug-likeness (QED) is 0.699. The predicted molar refractivity (Wildman–Crippen MR) is 49.8 cm³/mol. The lowest BCUT2D eigenvalue weighted by Crippen LogP contribution is -2.10. The van der Waals surface area contributed by atoms with E-state index in [4.69, 9.17) is 10.2 Å². The van der Waals surface area contributed by atoms with Gasteiger partial charge in [0.25, 0.3) is 0 Å². The Morgan fingerprint density at radius 1 is 1.75 bits per heavy atom. The standard InChI is InChI=1S/C10H15NO/c1-7(2)6-10(11)9-4-5-12-8(9)3/h4-5,10H,1,6,11H2,2-3H3. The highest BCUT2D eigenvalue weighted by atomic mass is 16.3. The summed E-state index contributed by atoms with van der Waals surface area (Å²) in [4.78, 5) is 0. The molecule has 2 heteroatoms. The van der Waals surface area contributed by atoms with Crippen molar-refractivity contribution in [2.24, 2.45) is 5.73 Å². The van der Waals surface area contributed by atoms with E-state index in [0.717, 1.165) is 23.3 Å². The van der Waals surface area contributed by atoms with Gasteiger partial charge in [0.15, 0.2) is 0 Å². The molecule has 0 aromatic carbocycles. The summed E-state index contributed by atoms with van der Waals surface area (Å²) in [5.74, 6) is 0.906. The van der Waals surface area contributed by atoms with Gasteiger partial charge in [-0.1, -0.05) is 5.57 Å². The Morgan fingerprint density at radius 2 is 2.42 bits per heavy atom. The first kappa shape index (κ1) is 9.07. The van der Waals surface area contributed by atoms with Gasteiger partial charge in [0, 0.05) is 11.6 Å². The van der Waals surface area contributed by atoms with Crippen molar-refractivity contribution in [2.45, 2.75) is 26.3 Å². The molecule has 0 amide bonds. The van der Waals surface area contributed by atoms with E-state index in [1.807, 2.05) is 19.9 Å². The maximum atomic E-state index is 5.92. The lowest BCUT2D eigenvalue weighted by Gasteiger charge is -2.09. The van der Waals surface area contributed by atoms with Crippen LogP contribution in [0.25, 0.3) is 0 Å². The van der Waals surface area contributed by atoms with Gasteiger partial charge in [0.2, 0.25) is 0 Å². The van der Waals surface area contributed by atoms with E-state index < -0.39 is 0 Å². The molecule has 2 nitrogen and oxygen atoms in total. The number of hydrogen-bond donors (Lipinski definition) is 1. The van der Waals surface area contributed by atoms with Gasteiger partial charge in [-0.25, -0.2) is 0 Å². The van der Waals surface area contributed by atoms with Crippen LogP contribution in [-0.4, -0.2) is 0 Å². The molecule has 0 saturated heterocycles. The highest BCUT2D eigenvalue weighted by Crippen LogP contribution is 2.21. The van der Waals surface area contributed by atoms with E-state index in [-0.39, 0.29) is 6.04 Å². The molecule has 0 saturated carbocycles. The second-order valence-electron chi connectivity index (χ2n) is 3.20. The lowest BCUT2D eigenvalue weighted by molar-refractivity contribution is 0.524. The molecule has 0 spiro atoms. The summed E-state index contributed by atoms with van der Waals surface area (Å²) in [5, 5.41) is 0. The topological polar surface area (TPSA) is 39.2 Å². The molecule has 0 aliphatic heterocycles. The van der Waals surface area contributed by atoms with Crippen LogP contribution in [0.15, 0.2) is 28.9 Å². The Morgan fingerprint density at radius 3 is 2.83 bits per heavy atom. The van der Waals surface area contributed by atoms with Gasteiger partial charge in [0.05, 0.1) is 6.26 Å². The Balaban J connectivity index is 2.71. The summed E-state index contributed by atoms with van der Waals surface area (Å²) < 4.78 is 5.16. The van der Waals surface area contributed by atoms with Crippen molar-refractivity contribution in [3.05, 3.63) is 35.8 Å². The molecule has 1 heterocycles. The van der Waals surface area contributed by atoms with Crippen LogP contribution in [-0.2, 0) is 0 Å². The van der Waals surface area contributed by atoms with E-state index >= 15 is 0 Å². The summed E-state index contributed by atoms with van der Waals surface area (Å²) in [5.41, 5.74) is 8.10. The van der Waals surface area contributed by atoms with Gasteiger partial charge in [0.1, 0.15) is 5.76 Å². The molecular weight excluding hydrogens is 150 g/mol. The van der Waals surface area contributed by atoms with Crippen molar-refractivity contribution in [1.82, 2.24) is 0 Å². The molecule has 0 aliphatic carbocycles. The molecule has 2 N–H and O–H groups in total. The van der Waals surface area contributed by atoms with Crippen LogP contribution in [0.3, 0.4) is 0 Å². The highest BCUT2D eigenvalue weighted by molar-refractivity contribution is 5.21. The molecule has 0 radical (unpaired) electrons. The molecule has 0 fully saturated rings. The van der Waals surface area contributed by atoms with Gasteiger partial charge in [-0.15, -0.1) is 6.58 Å². The molecule has 1 atom stereocenters. The smallest absolute Gasteiger partial charge is 0.105 e. The first-order valence-electron chi connectivity index (χ1n) is 4.05. The predicted octanol–water partition coefficient (Wildman–Crippen LogP) is 2.55. The second kappa shape index (κ2) is 3.59. The zero-order chi connectivity index (χ0) is 9.14. The van der Waals surface area contributed by atoms with Crippen LogP contribution < -0.4 is 5.73 Å². The van der Waals surface area contributed by atoms with E-state index in [2.05, 4.69) is 6.58 Å². The fourth-order valence-corrected chi connectivity index (χ4v) is 1.26. The van der Waals surface area contributed by atoms with Crippen molar-refractivity contribution in [3.8, 4) is 0 Å². The second-order valence-corrected chi connectivity index (χ2v) is 3.20. The van der Waals surface area contributed by atoms with Crippen LogP contribution in [0.2, 0.25) is 0 Å². The monoisotopic (exact) mass is 165 g/mol. The van der Waals surface area contributed by atoms with Gasteiger partial charge in [-0.05, 0) is 26.3 Å². The summed E-state index contributed by atoms with van der Waals surface area (Å²) in [7, 11) is 0. The number of aryl methyl sites for hydroxylation is 1. The van der Waals surface area contributed by atoms with Crippen molar-refractivity contribution < 1.29 is 4.42 Å². The average molecular weight is 165 g/mol. The van der Waals surface area contributed by atoms with E-state index in [0.29, 0.717) is 0 Å². The van der Waals surface area contributed by atoms with Gasteiger partial charge in [-0.3, -0.25) is 0 Å². The van der Waals surface area contributed by atoms with Crippen LogP contribution in [0.4, 0.5) is 0 Å². The van der Waals surface area contributed by atoms with E-state index in [9.17, 15) is 0 Å². The SMILES string of the molecule is C=C(C)CC(N)c1ccoc1C. The third kappa shape index (κ3) is 1.98. The summed E-state index contributed by atoms with van der Waals surface area (Å²) in [6.07, 6.45) is 2.49. The number of hydrogen-bond acceptors (Lipinski definition) is 2. The van der Waals surface area contributed by atoms with Crippen molar-refractivity contribution in [3.63, 3.8) is 0 Å². The van der Waals surface area contributed by atoms with Crippen molar-refractivity contribution in [2.75, 3.05) is 0 Å². The highest BCUT2D eigenvalue weighted by Gasteiger charge is 2.10. The first-order valence-corrected chi connectivity index (χ1v) is 4.05. The minimum atomic E-state index is 0.0289. The number of nitrogens with two attached hydrogens (primary N) is 1. The largest absolute Gasteiger partial charge is 0.469 e. The molecule has 0 aliphatic rings. The number of furan rings is 1. The van der Waals surface area contributed by atoms with Crippen LogP contribution in [0, 0.1) is 6.92 Å². The van der Waals surface area contributed by atoms with E-state index in [1.165, 1.54) is 0 Å². The molecule has 1 rings (SSSR count). The third-order valence-corrected chi connectivity index (χ3v) is 1.87. The van der Waals surface area contributed by atoms with Crippen molar-refractivity contribution in [1.29, 1.82) is 0 Å². The minimum Gasteiger partial charge on any atom is -0.469 e. The molecule has 12 heavy (non-hydrogen) atoms. The Hall–Kier alpha value is -1.02. The summed E-state index contributed by atoms with van der Waals surface area (Å²) in [6, 6.07) is 1.95. The van der Waals surface area contributed by atoms with Crippen LogP contribution >= 0.6 is 0 Å². The molecular formula is C10H15NO. The van der Waals surface area contributed by atoms with Gasteiger partial charge in [-0.2, -0.15) is 0 Å². The molecule has 1 aromatic heterocycles. The van der Waals surface area contributed by atoms with E-state index in [1.54, 1.807) is 6.26 Å². The molecule has 0 bridgehead atoms. The zero-order valence-electron chi connectivity index (χ0n) is 7.63. The lowest BCUT2D eigenvalue weighted by atomic mass is 10.0. The summed E-state index contributed by atoms with van der Waals surface area (Å²) >= 11 is 0. The van der Waals surface area contributed by atoms with Gasteiger partial charge >= 0.3 is 0 Å². The maximum absolute atomic E-state index is 5.92. The minimum absolute atomic E-state index is 0.0289. The molecule has 1 unspecified atom stereocenters. The first-order chi connectivity index (χ1) is 5.61. The number of rotatable bonds is 3. The Labute approximate surface area is 73.1 Å². The van der Waals surface area contributed by atoms with Gasteiger partial charge < -0.3 is 10.2 Å². The molecule has 1 aromatic rings. The molecule has 66 valence electrons. The summed E-state index contributed by atoms with van der Waals surface area (Å²) in [6.45, 7) is 7.73.